The molecule has 1 saturated heterocycles. The van der Waals surface area contributed by atoms with Gasteiger partial charge in [-0.05, 0) is 24.3 Å². The zero-order valence-electron chi connectivity index (χ0n) is 10.0. The quantitative estimate of drug-likeness (QED) is 0.723. The molecule has 0 aliphatic carbocycles. The van der Waals surface area contributed by atoms with Crippen molar-refractivity contribution >= 4 is 11.4 Å². The lowest BCUT2D eigenvalue weighted by Gasteiger charge is -2.50. The summed E-state index contributed by atoms with van der Waals surface area (Å²) in [5, 5.41) is 3.51. The van der Waals surface area contributed by atoms with Crippen LogP contribution in [-0.4, -0.2) is 24.1 Å². The summed E-state index contributed by atoms with van der Waals surface area (Å²) in [6.07, 6.45) is 6.46. The minimum absolute atomic E-state index is 0.409. The molecule has 3 heteroatoms. The number of piperidine rings is 1. The Hall–Kier alpha value is -1.25. The molecule has 2 aliphatic heterocycles. The normalized spacial score (nSPS) is 26.6. The van der Waals surface area contributed by atoms with Crippen molar-refractivity contribution in [2.24, 2.45) is 5.41 Å². The van der Waals surface area contributed by atoms with Crippen molar-refractivity contribution in [1.82, 2.24) is 4.98 Å². The lowest BCUT2D eigenvalue weighted by Crippen LogP contribution is -2.55. The zero-order chi connectivity index (χ0) is 11.2. The monoisotopic (exact) mass is 217 g/mol. The van der Waals surface area contributed by atoms with Crippen LogP contribution in [0.4, 0.5) is 11.4 Å². The van der Waals surface area contributed by atoms with Gasteiger partial charge in [0.1, 0.15) is 0 Å². The van der Waals surface area contributed by atoms with Gasteiger partial charge in [-0.15, -0.1) is 0 Å². The number of rotatable bonds is 0. The molecule has 3 nitrogen and oxygen atoms in total. The Morgan fingerprint density at radius 3 is 3.25 bits per heavy atom. The molecule has 1 fully saturated rings. The second-order valence-corrected chi connectivity index (χ2v) is 5.58. The minimum atomic E-state index is 0.409. The predicted octanol–water partition coefficient (Wildman–Crippen LogP) is 2.50. The van der Waals surface area contributed by atoms with Gasteiger partial charge in [0, 0.05) is 19.3 Å². The molecule has 1 aromatic rings. The van der Waals surface area contributed by atoms with Crippen molar-refractivity contribution < 1.29 is 0 Å². The Morgan fingerprint density at radius 2 is 2.38 bits per heavy atom. The number of hydrogen-bond acceptors (Lipinski definition) is 3. The number of fused-ring (bicyclic) bond motifs is 3. The first-order valence-corrected chi connectivity index (χ1v) is 6.13. The molecule has 0 saturated carbocycles. The van der Waals surface area contributed by atoms with E-state index in [0.717, 1.165) is 6.54 Å². The van der Waals surface area contributed by atoms with Gasteiger partial charge in [-0.3, -0.25) is 4.98 Å². The molecule has 3 rings (SSSR count). The van der Waals surface area contributed by atoms with Crippen molar-refractivity contribution in [2.75, 3.05) is 23.3 Å². The summed E-state index contributed by atoms with van der Waals surface area (Å²) in [4.78, 5) is 6.75. The minimum Gasteiger partial charge on any atom is -0.380 e. The summed E-state index contributed by atoms with van der Waals surface area (Å²) in [5.74, 6) is 0. The zero-order valence-corrected chi connectivity index (χ0v) is 10.0. The maximum absolute atomic E-state index is 4.18. The van der Waals surface area contributed by atoms with E-state index in [2.05, 4.69) is 35.1 Å². The van der Waals surface area contributed by atoms with Crippen LogP contribution in [0.15, 0.2) is 18.5 Å². The van der Waals surface area contributed by atoms with Crippen LogP contribution in [0.3, 0.4) is 0 Å². The van der Waals surface area contributed by atoms with E-state index in [1.165, 1.54) is 30.8 Å². The molecule has 16 heavy (non-hydrogen) atoms. The van der Waals surface area contributed by atoms with Gasteiger partial charge >= 0.3 is 0 Å². The molecule has 2 aliphatic rings. The number of nitrogens with zero attached hydrogens (tertiary/aromatic N) is 2. The second-order valence-electron chi connectivity index (χ2n) is 5.58. The van der Waals surface area contributed by atoms with Gasteiger partial charge in [-0.25, -0.2) is 0 Å². The highest BCUT2D eigenvalue weighted by Gasteiger charge is 2.40. The number of pyridine rings is 1. The van der Waals surface area contributed by atoms with Crippen LogP contribution in [0.25, 0.3) is 0 Å². The van der Waals surface area contributed by atoms with Gasteiger partial charge in [-0.2, -0.15) is 0 Å². The third-order valence-electron chi connectivity index (χ3n) is 4.09. The van der Waals surface area contributed by atoms with Crippen molar-refractivity contribution in [3.8, 4) is 0 Å². The van der Waals surface area contributed by atoms with Gasteiger partial charge in [-0.1, -0.05) is 13.8 Å². The average Bonchev–Trinajstić information content (AvgIpc) is 2.28. The smallest absolute Gasteiger partial charge is 0.0765 e. The standard InChI is InChI=1S/C13H19N3/c1-13(2)5-3-7-16-11-4-6-14-8-10(11)15-9-12(13)16/h4,6,8,12,15H,3,5,7,9H2,1-2H3. The van der Waals surface area contributed by atoms with Crippen LogP contribution in [0.5, 0.6) is 0 Å². The molecular formula is C13H19N3. The fourth-order valence-electron chi connectivity index (χ4n) is 3.10. The van der Waals surface area contributed by atoms with Gasteiger partial charge in [0.25, 0.3) is 0 Å². The third kappa shape index (κ3) is 1.38. The molecule has 0 amide bonds. The van der Waals surface area contributed by atoms with E-state index in [9.17, 15) is 0 Å². The fourth-order valence-corrected chi connectivity index (χ4v) is 3.10. The first kappa shape index (κ1) is 9.94. The summed E-state index contributed by atoms with van der Waals surface area (Å²) >= 11 is 0. The third-order valence-corrected chi connectivity index (χ3v) is 4.09. The topological polar surface area (TPSA) is 28.2 Å². The molecule has 0 aromatic carbocycles. The lowest BCUT2D eigenvalue weighted by molar-refractivity contribution is 0.217. The van der Waals surface area contributed by atoms with Crippen LogP contribution < -0.4 is 10.2 Å². The van der Waals surface area contributed by atoms with Gasteiger partial charge in [0.2, 0.25) is 0 Å². The molecule has 3 heterocycles. The molecule has 1 unspecified atom stereocenters. The summed E-state index contributed by atoms with van der Waals surface area (Å²) in [7, 11) is 0. The van der Waals surface area contributed by atoms with E-state index in [1.807, 2.05) is 12.4 Å². The second kappa shape index (κ2) is 3.37. The Labute approximate surface area is 96.9 Å². The first-order chi connectivity index (χ1) is 7.68. The number of nitrogens with one attached hydrogen (secondary N) is 1. The van der Waals surface area contributed by atoms with E-state index in [-0.39, 0.29) is 0 Å². The average molecular weight is 217 g/mol. The van der Waals surface area contributed by atoms with Crippen molar-refractivity contribution in [3.63, 3.8) is 0 Å². The predicted molar refractivity (Wildman–Crippen MR) is 66.9 cm³/mol. The summed E-state index contributed by atoms with van der Waals surface area (Å²) in [6, 6.07) is 2.76. The van der Waals surface area contributed by atoms with Crippen LogP contribution >= 0.6 is 0 Å². The Kier molecular flexibility index (Phi) is 2.09. The molecule has 0 radical (unpaired) electrons. The molecule has 0 bridgehead atoms. The SMILES string of the molecule is CC1(C)CCCN2c3ccncc3NCC21. The van der Waals surface area contributed by atoms with Gasteiger partial charge in [0.15, 0.2) is 0 Å². The highest BCUT2D eigenvalue weighted by Crippen LogP contribution is 2.42. The Bertz CT molecular complexity index is 400. The maximum atomic E-state index is 4.18. The van der Waals surface area contributed by atoms with Crippen LogP contribution in [0.1, 0.15) is 26.7 Å². The van der Waals surface area contributed by atoms with Gasteiger partial charge < -0.3 is 10.2 Å². The molecular weight excluding hydrogens is 198 g/mol. The largest absolute Gasteiger partial charge is 0.380 e. The highest BCUT2D eigenvalue weighted by molar-refractivity contribution is 5.72. The van der Waals surface area contributed by atoms with E-state index in [0.29, 0.717) is 11.5 Å². The van der Waals surface area contributed by atoms with E-state index >= 15 is 0 Å². The number of aromatic nitrogens is 1. The van der Waals surface area contributed by atoms with Crippen LogP contribution in [0, 0.1) is 5.41 Å². The Balaban J connectivity index is 2.01. The summed E-state index contributed by atoms with van der Waals surface area (Å²) < 4.78 is 0. The first-order valence-electron chi connectivity index (χ1n) is 6.13. The maximum Gasteiger partial charge on any atom is 0.0765 e. The Morgan fingerprint density at radius 1 is 1.50 bits per heavy atom. The molecule has 1 atom stereocenters. The fraction of sp³-hybridized carbons (Fsp3) is 0.615. The highest BCUT2D eigenvalue weighted by atomic mass is 15.2. The molecule has 1 aromatic heterocycles. The number of hydrogen-bond donors (Lipinski definition) is 1. The van der Waals surface area contributed by atoms with Crippen LogP contribution in [-0.2, 0) is 0 Å². The lowest BCUT2D eigenvalue weighted by atomic mass is 9.75. The van der Waals surface area contributed by atoms with Crippen LogP contribution in [0.2, 0.25) is 0 Å². The summed E-state index contributed by atoms with van der Waals surface area (Å²) in [6.45, 7) is 7.01. The van der Waals surface area contributed by atoms with Crippen molar-refractivity contribution in [3.05, 3.63) is 18.5 Å². The molecule has 86 valence electrons. The van der Waals surface area contributed by atoms with Crippen molar-refractivity contribution in [2.45, 2.75) is 32.7 Å². The van der Waals surface area contributed by atoms with E-state index in [1.54, 1.807) is 0 Å². The van der Waals surface area contributed by atoms with Crippen molar-refractivity contribution in [1.29, 1.82) is 0 Å². The van der Waals surface area contributed by atoms with Gasteiger partial charge in [0.05, 0.1) is 23.6 Å². The van der Waals surface area contributed by atoms with E-state index < -0.39 is 0 Å². The molecule has 0 spiro atoms. The summed E-state index contributed by atoms with van der Waals surface area (Å²) in [5.41, 5.74) is 2.93. The van der Waals surface area contributed by atoms with E-state index in [4.69, 9.17) is 0 Å². The number of anilines is 2. The molecule has 1 N–H and O–H groups in total.